The fourth-order valence-electron chi connectivity index (χ4n) is 0.328. The van der Waals surface area contributed by atoms with Crippen molar-refractivity contribution in [2.45, 2.75) is 13.8 Å². The number of rotatable bonds is 3. The lowest BCUT2D eigenvalue weighted by atomic mass is 10.4. The molecule has 3 heteroatoms. The van der Waals surface area contributed by atoms with E-state index in [1.807, 2.05) is 13.8 Å². The maximum atomic E-state index is 8.44. The van der Waals surface area contributed by atoms with Gasteiger partial charge < -0.3 is 10.2 Å². The molecule has 3 nitrogen and oxygen atoms in total. The summed E-state index contributed by atoms with van der Waals surface area (Å²) in [5.41, 5.74) is 0. The average molecular weight is 118 g/mol. The van der Waals surface area contributed by atoms with Crippen LogP contribution in [0.1, 0.15) is 13.8 Å². The van der Waals surface area contributed by atoms with E-state index in [1.54, 1.807) is 0 Å². The molecule has 0 saturated carbocycles. The maximum Gasteiger partial charge on any atom is 0.0979 e. The van der Waals surface area contributed by atoms with Crippen LogP contribution in [0.15, 0.2) is 0 Å². The summed E-state index contributed by atoms with van der Waals surface area (Å²) in [4.78, 5) is 1.44. The minimum atomic E-state index is -0.112. The highest BCUT2D eigenvalue weighted by molar-refractivity contribution is 4.73. The summed E-state index contributed by atoms with van der Waals surface area (Å²) in [6.45, 7) is 3.43. The number of hydrogen-bond acceptors (Lipinski definition) is 3. The Morgan fingerprint density at radius 2 is 1.62 bits per heavy atom. The molecule has 0 spiro atoms. The Balaban J connectivity index is 3.35. The van der Waals surface area contributed by atoms with Crippen molar-refractivity contribution in [3.8, 4) is 0 Å². The third-order valence-corrected chi connectivity index (χ3v) is 0.974. The second kappa shape index (κ2) is 3.83. The lowest BCUT2D eigenvalue weighted by molar-refractivity contribution is 0.0382. The summed E-state index contributed by atoms with van der Waals surface area (Å²) in [7, 11) is 0. The summed E-state index contributed by atoms with van der Waals surface area (Å²) in [5.74, 6) is 0. The maximum absolute atomic E-state index is 8.44. The van der Waals surface area contributed by atoms with Gasteiger partial charge in [-0.05, 0) is 13.8 Å². The van der Waals surface area contributed by atoms with Crippen LogP contribution in [0.25, 0.3) is 0 Å². The molecule has 0 aromatic carbocycles. The van der Waals surface area contributed by atoms with Crippen molar-refractivity contribution in [2.75, 3.05) is 13.5 Å². The zero-order valence-electron chi connectivity index (χ0n) is 5.26. The molecular weight excluding hydrogens is 106 g/mol. The van der Waals surface area contributed by atoms with Gasteiger partial charge in [-0.2, -0.15) is 0 Å². The average Bonchev–Trinajstić information content (AvgIpc) is 1.69. The van der Waals surface area contributed by atoms with Crippen molar-refractivity contribution in [1.29, 1.82) is 0 Å². The molecule has 8 heavy (non-hydrogen) atoms. The summed E-state index contributed by atoms with van der Waals surface area (Å²) < 4.78 is 0. The van der Waals surface area contributed by atoms with Crippen molar-refractivity contribution >= 4 is 0 Å². The molecule has 0 rings (SSSR count). The molecular formula is C5H12NO2. The minimum Gasteiger partial charge on any atom is -0.381 e. The molecule has 0 aliphatic carbocycles. The number of aliphatic hydroxyl groups is 2. The Kier molecular flexibility index (Phi) is 3.77. The van der Waals surface area contributed by atoms with E-state index in [4.69, 9.17) is 10.2 Å². The first kappa shape index (κ1) is 7.88. The molecule has 0 aromatic heterocycles. The van der Waals surface area contributed by atoms with Gasteiger partial charge in [-0.25, -0.2) is 0 Å². The standard InChI is InChI=1S/C5H12NO2/c1-5(2)6(3-7)4-8/h7-8H,3-4H2,1-2H3. The van der Waals surface area contributed by atoms with E-state index in [2.05, 4.69) is 0 Å². The lowest BCUT2D eigenvalue weighted by Gasteiger charge is -2.18. The van der Waals surface area contributed by atoms with Gasteiger partial charge in [0.2, 0.25) is 0 Å². The molecule has 1 radical (unpaired) electrons. The summed E-state index contributed by atoms with van der Waals surface area (Å²) >= 11 is 0. The highest BCUT2D eigenvalue weighted by Gasteiger charge is 2.04. The van der Waals surface area contributed by atoms with Crippen molar-refractivity contribution in [1.82, 2.24) is 4.90 Å². The monoisotopic (exact) mass is 118 g/mol. The van der Waals surface area contributed by atoms with E-state index in [9.17, 15) is 0 Å². The summed E-state index contributed by atoms with van der Waals surface area (Å²) in [6.07, 6.45) is 0. The third kappa shape index (κ3) is 2.26. The highest BCUT2D eigenvalue weighted by atomic mass is 16.3. The predicted molar refractivity (Wildman–Crippen MR) is 30.6 cm³/mol. The van der Waals surface area contributed by atoms with Gasteiger partial charge in [-0.15, -0.1) is 0 Å². The number of aliphatic hydroxyl groups excluding tert-OH is 2. The van der Waals surface area contributed by atoms with Crippen LogP contribution in [0.4, 0.5) is 0 Å². The molecule has 0 unspecified atom stereocenters. The topological polar surface area (TPSA) is 43.7 Å². The minimum absolute atomic E-state index is 0.112. The first-order chi connectivity index (χ1) is 3.72. The van der Waals surface area contributed by atoms with E-state index in [0.717, 1.165) is 6.04 Å². The fourth-order valence-corrected chi connectivity index (χ4v) is 0.328. The molecule has 0 saturated heterocycles. The van der Waals surface area contributed by atoms with Gasteiger partial charge in [0, 0.05) is 6.04 Å². The van der Waals surface area contributed by atoms with Gasteiger partial charge in [-0.1, -0.05) is 0 Å². The van der Waals surface area contributed by atoms with Crippen LogP contribution in [-0.4, -0.2) is 28.6 Å². The third-order valence-electron chi connectivity index (χ3n) is 0.974. The predicted octanol–water partition coefficient (Wildman–Crippen LogP) is -0.240. The van der Waals surface area contributed by atoms with Gasteiger partial charge in [0.05, 0.1) is 13.5 Å². The first-order valence-electron chi connectivity index (χ1n) is 2.49. The van der Waals surface area contributed by atoms with Gasteiger partial charge in [0.1, 0.15) is 0 Å². The lowest BCUT2D eigenvalue weighted by Crippen LogP contribution is -2.26. The van der Waals surface area contributed by atoms with Crippen LogP contribution in [0.5, 0.6) is 0 Å². The Bertz CT molecular complexity index is 52.4. The van der Waals surface area contributed by atoms with E-state index >= 15 is 0 Å². The smallest absolute Gasteiger partial charge is 0.0979 e. The Labute approximate surface area is 49.5 Å². The molecule has 0 aromatic rings. The van der Waals surface area contributed by atoms with Crippen LogP contribution in [0.2, 0.25) is 0 Å². The highest BCUT2D eigenvalue weighted by Crippen LogP contribution is 2.00. The summed E-state index contributed by atoms with van der Waals surface area (Å²) in [6, 6.07) is 0.912. The first-order valence-corrected chi connectivity index (χ1v) is 2.49. The van der Waals surface area contributed by atoms with E-state index < -0.39 is 0 Å². The normalized spacial score (nSPS) is 11.2. The quantitative estimate of drug-likeness (QED) is 0.503. The van der Waals surface area contributed by atoms with E-state index in [0.29, 0.717) is 0 Å². The Morgan fingerprint density at radius 3 is 1.62 bits per heavy atom. The van der Waals surface area contributed by atoms with E-state index in [1.165, 1.54) is 4.90 Å². The largest absolute Gasteiger partial charge is 0.381 e. The zero-order chi connectivity index (χ0) is 6.57. The SMILES string of the molecule is C[C](C)N(CO)CO. The number of hydrogen-bond donors (Lipinski definition) is 2. The fraction of sp³-hybridized carbons (Fsp3) is 0.800. The van der Waals surface area contributed by atoms with E-state index in [-0.39, 0.29) is 13.5 Å². The second-order valence-electron chi connectivity index (χ2n) is 1.77. The zero-order valence-corrected chi connectivity index (χ0v) is 5.26. The van der Waals surface area contributed by atoms with Crippen molar-refractivity contribution in [3.05, 3.63) is 6.04 Å². The van der Waals surface area contributed by atoms with Gasteiger partial charge in [-0.3, -0.25) is 4.90 Å². The van der Waals surface area contributed by atoms with Crippen LogP contribution < -0.4 is 0 Å². The molecule has 0 bridgehead atoms. The molecule has 2 N–H and O–H groups in total. The summed E-state index contributed by atoms with van der Waals surface area (Å²) in [5, 5.41) is 16.9. The van der Waals surface area contributed by atoms with Crippen molar-refractivity contribution < 1.29 is 10.2 Å². The Morgan fingerprint density at radius 1 is 1.25 bits per heavy atom. The molecule has 0 aliphatic heterocycles. The van der Waals surface area contributed by atoms with Gasteiger partial charge >= 0.3 is 0 Å². The molecule has 49 valence electrons. The molecule has 0 atom stereocenters. The van der Waals surface area contributed by atoms with Crippen LogP contribution >= 0.6 is 0 Å². The van der Waals surface area contributed by atoms with Crippen LogP contribution in [-0.2, 0) is 0 Å². The van der Waals surface area contributed by atoms with Crippen LogP contribution in [0.3, 0.4) is 0 Å². The van der Waals surface area contributed by atoms with Crippen molar-refractivity contribution in [2.24, 2.45) is 0 Å². The molecule has 0 aliphatic rings. The molecule has 0 fully saturated rings. The molecule has 0 heterocycles. The number of nitrogens with zero attached hydrogens (tertiary/aromatic N) is 1. The van der Waals surface area contributed by atoms with Gasteiger partial charge in [0.15, 0.2) is 0 Å². The van der Waals surface area contributed by atoms with Crippen molar-refractivity contribution in [3.63, 3.8) is 0 Å². The molecule has 0 amide bonds. The van der Waals surface area contributed by atoms with Gasteiger partial charge in [0.25, 0.3) is 0 Å². The van der Waals surface area contributed by atoms with Crippen LogP contribution in [0, 0.1) is 6.04 Å². The second-order valence-corrected chi connectivity index (χ2v) is 1.77. The Hall–Kier alpha value is -0.120.